The van der Waals surface area contributed by atoms with Crippen molar-refractivity contribution in [2.24, 2.45) is 17.8 Å². The van der Waals surface area contributed by atoms with Crippen molar-refractivity contribution in [3.63, 3.8) is 0 Å². The molecule has 0 aromatic heterocycles. The van der Waals surface area contributed by atoms with E-state index in [1.165, 1.54) is 19.4 Å². The third kappa shape index (κ3) is 8.55. The highest BCUT2D eigenvalue weighted by atomic mass is 14.9. The summed E-state index contributed by atoms with van der Waals surface area (Å²) in [4.78, 5) is 0. The monoisotopic (exact) mass is 199 g/mol. The predicted molar refractivity (Wildman–Crippen MR) is 65.5 cm³/mol. The Balaban J connectivity index is 3.84. The molecule has 1 N–H and O–H groups in total. The van der Waals surface area contributed by atoms with E-state index >= 15 is 0 Å². The lowest BCUT2D eigenvalue weighted by molar-refractivity contribution is 0.321. The minimum absolute atomic E-state index is 0.622. The summed E-state index contributed by atoms with van der Waals surface area (Å²) in [6, 6.07) is 0.622. The summed E-state index contributed by atoms with van der Waals surface area (Å²) >= 11 is 0. The summed E-state index contributed by atoms with van der Waals surface area (Å²) in [6.07, 6.45) is 2.72. The maximum Gasteiger partial charge on any atom is 0.00104 e. The molecule has 14 heavy (non-hydrogen) atoms. The van der Waals surface area contributed by atoms with Crippen molar-refractivity contribution in [1.29, 1.82) is 0 Å². The molecule has 0 aromatic carbocycles. The Morgan fingerprint density at radius 1 is 0.786 bits per heavy atom. The molecule has 0 unspecified atom stereocenters. The van der Waals surface area contributed by atoms with E-state index in [1.54, 1.807) is 0 Å². The van der Waals surface area contributed by atoms with Gasteiger partial charge in [0.2, 0.25) is 0 Å². The van der Waals surface area contributed by atoms with Gasteiger partial charge in [-0.15, -0.1) is 0 Å². The summed E-state index contributed by atoms with van der Waals surface area (Å²) in [5.41, 5.74) is 0. The molecule has 0 bridgehead atoms. The van der Waals surface area contributed by atoms with Crippen molar-refractivity contribution in [3.8, 4) is 0 Å². The zero-order valence-electron chi connectivity index (χ0n) is 10.9. The van der Waals surface area contributed by atoms with Crippen molar-refractivity contribution < 1.29 is 0 Å². The van der Waals surface area contributed by atoms with Gasteiger partial charge in [0.1, 0.15) is 0 Å². The van der Waals surface area contributed by atoms with Crippen LogP contribution < -0.4 is 5.32 Å². The van der Waals surface area contributed by atoms with E-state index in [0.717, 1.165) is 17.8 Å². The van der Waals surface area contributed by atoms with Gasteiger partial charge >= 0.3 is 0 Å². The Hall–Kier alpha value is -0.0400. The normalized spacial score (nSPS) is 12.4. The third-order valence-electron chi connectivity index (χ3n) is 2.42. The molecule has 0 saturated carbocycles. The van der Waals surface area contributed by atoms with Crippen LogP contribution in [0.4, 0.5) is 0 Å². The third-order valence-corrected chi connectivity index (χ3v) is 2.42. The van der Waals surface area contributed by atoms with Gasteiger partial charge < -0.3 is 5.32 Å². The van der Waals surface area contributed by atoms with Crippen LogP contribution in [-0.2, 0) is 0 Å². The Morgan fingerprint density at radius 3 is 1.50 bits per heavy atom. The molecule has 0 aromatic rings. The fourth-order valence-corrected chi connectivity index (χ4v) is 2.00. The SMILES string of the molecule is CC(C)CC(CNC(C)C)CC(C)C. The van der Waals surface area contributed by atoms with Crippen molar-refractivity contribution >= 4 is 0 Å². The highest BCUT2D eigenvalue weighted by molar-refractivity contribution is 4.67. The van der Waals surface area contributed by atoms with Crippen LogP contribution in [0.1, 0.15) is 54.4 Å². The van der Waals surface area contributed by atoms with E-state index in [1.807, 2.05) is 0 Å². The van der Waals surface area contributed by atoms with Crippen LogP contribution in [0, 0.1) is 17.8 Å². The topological polar surface area (TPSA) is 12.0 Å². The van der Waals surface area contributed by atoms with Crippen LogP contribution in [0.2, 0.25) is 0 Å². The molecular formula is C13H29N. The molecule has 0 fully saturated rings. The van der Waals surface area contributed by atoms with Crippen LogP contribution in [0.5, 0.6) is 0 Å². The number of hydrogen-bond acceptors (Lipinski definition) is 1. The highest BCUT2D eigenvalue weighted by Crippen LogP contribution is 2.19. The first-order chi connectivity index (χ1) is 6.41. The smallest absolute Gasteiger partial charge is 0.00104 e. The summed E-state index contributed by atoms with van der Waals surface area (Å²) in [6.45, 7) is 14.9. The molecule has 0 aliphatic heterocycles. The minimum Gasteiger partial charge on any atom is -0.314 e. The standard InChI is InChI=1S/C13H29N/c1-10(2)7-13(8-11(3)4)9-14-12(5)6/h10-14H,7-9H2,1-6H3. The van der Waals surface area contributed by atoms with Crippen LogP contribution in [0.25, 0.3) is 0 Å². The van der Waals surface area contributed by atoms with Gasteiger partial charge in [-0.3, -0.25) is 0 Å². The van der Waals surface area contributed by atoms with Gasteiger partial charge in [0, 0.05) is 6.04 Å². The van der Waals surface area contributed by atoms with E-state index in [9.17, 15) is 0 Å². The van der Waals surface area contributed by atoms with E-state index in [0.29, 0.717) is 6.04 Å². The van der Waals surface area contributed by atoms with Crippen LogP contribution in [0.15, 0.2) is 0 Å². The van der Waals surface area contributed by atoms with Gasteiger partial charge in [0.25, 0.3) is 0 Å². The van der Waals surface area contributed by atoms with Gasteiger partial charge in [-0.05, 0) is 37.1 Å². The molecule has 0 saturated heterocycles. The summed E-state index contributed by atoms with van der Waals surface area (Å²) in [5, 5.41) is 3.56. The van der Waals surface area contributed by atoms with Gasteiger partial charge in [-0.2, -0.15) is 0 Å². The number of hydrogen-bond donors (Lipinski definition) is 1. The van der Waals surface area contributed by atoms with E-state index in [-0.39, 0.29) is 0 Å². The predicted octanol–water partition coefficient (Wildman–Crippen LogP) is 3.69. The first-order valence-electron chi connectivity index (χ1n) is 6.15. The van der Waals surface area contributed by atoms with Crippen molar-refractivity contribution in [1.82, 2.24) is 5.32 Å². The first-order valence-corrected chi connectivity index (χ1v) is 6.15. The molecule has 1 nitrogen and oxygen atoms in total. The molecule has 86 valence electrons. The Labute approximate surface area is 90.7 Å². The quantitative estimate of drug-likeness (QED) is 0.659. The van der Waals surface area contributed by atoms with Crippen molar-refractivity contribution in [3.05, 3.63) is 0 Å². The van der Waals surface area contributed by atoms with Crippen LogP contribution in [-0.4, -0.2) is 12.6 Å². The Kier molecular flexibility index (Phi) is 7.26. The molecule has 0 rings (SSSR count). The van der Waals surface area contributed by atoms with Crippen molar-refractivity contribution in [2.75, 3.05) is 6.54 Å². The summed E-state index contributed by atoms with van der Waals surface area (Å²) < 4.78 is 0. The van der Waals surface area contributed by atoms with Gasteiger partial charge in [-0.1, -0.05) is 41.5 Å². The molecule has 1 heteroatoms. The highest BCUT2D eigenvalue weighted by Gasteiger charge is 2.12. The fraction of sp³-hybridized carbons (Fsp3) is 1.00. The maximum atomic E-state index is 3.56. The Bertz CT molecular complexity index is 117. The van der Waals surface area contributed by atoms with Gasteiger partial charge in [0.15, 0.2) is 0 Å². The average molecular weight is 199 g/mol. The second kappa shape index (κ2) is 7.28. The number of nitrogens with one attached hydrogen (secondary N) is 1. The second-order valence-electron chi connectivity index (χ2n) is 5.69. The average Bonchev–Trinajstić information content (AvgIpc) is 1.97. The molecule has 0 aliphatic rings. The number of rotatable bonds is 7. The Morgan fingerprint density at radius 2 is 1.21 bits per heavy atom. The summed E-state index contributed by atoms with van der Waals surface area (Å²) in [7, 11) is 0. The zero-order chi connectivity index (χ0) is 11.1. The summed E-state index contributed by atoms with van der Waals surface area (Å²) in [5.74, 6) is 2.51. The molecule has 0 atom stereocenters. The molecular weight excluding hydrogens is 170 g/mol. The van der Waals surface area contributed by atoms with Crippen LogP contribution in [0.3, 0.4) is 0 Å². The second-order valence-corrected chi connectivity index (χ2v) is 5.69. The fourth-order valence-electron chi connectivity index (χ4n) is 2.00. The van der Waals surface area contributed by atoms with Crippen molar-refractivity contribution in [2.45, 2.75) is 60.4 Å². The van der Waals surface area contributed by atoms with Gasteiger partial charge in [0.05, 0.1) is 0 Å². The lowest BCUT2D eigenvalue weighted by Crippen LogP contribution is -2.30. The molecule has 0 aliphatic carbocycles. The maximum absolute atomic E-state index is 3.56. The zero-order valence-corrected chi connectivity index (χ0v) is 10.9. The first kappa shape index (κ1) is 14.0. The lowest BCUT2D eigenvalue weighted by atomic mass is 9.89. The minimum atomic E-state index is 0.622. The largest absolute Gasteiger partial charge is 0.314 e. The van der Waals surface area contributed by atoms with E-state index in [4.69, 9.17) is 0 Å². The molecule has 0 amide bonds. The molecule has 0 radical (unpaired) electrons. The van der Waals surface area contributed by atoms with Crippen LogP contribution >= 0.6 is 0 Å². The molecule has 0 heterocycles. The lowest BCUT2D eigenvalue weighted by Gasteiger charge is -2.22. The van der Waals surface area contributed by atoms with E-state index < -0.39 is 0 Å². The molecule has 0 spiro atoms. The van der Waals surface area contributed by atoms with E-state index in [2.05, 4.69) is 46.9 Å². The van der Waals surface area contributed by atoms with Gasteiger partial charge in [-0.25, -0.2) is 0 Å².